The fourth-order valence-corrected chi connectivity index (χ4v) is 1.54. The van der Waals surface area contributed by atoms with Gasteiger partial charge in [-0.05, 0) is 20.8 Å². The van der Waals surface area contributed by atoms with E-state index in [0.717, 1.165) is 6.54 Å². The minimum atomic E-state index is -0.336. The van der Waals surface area contributed by atoms with Crippen LogP contribution in [0.1, 0.15) is 20.8 Å². The number of aliphatic imine (C=N–C) groups is 1. The maximum absolute atomic E-state index is 11.3. The van der Waals surface area contributed by atoms with Gasteiger partial charge >= 0.3 is 6.03 Å². The predicted octanol–water partition coefficient (Wildman–Crippen LogP) is -0.498. The number of guanidine groups is 1. The summed E-state index contributed by atoms with van der Waals surface area (Å²) < 4.78 is 0. The van der Waals surface area contributed by atoms with Gasteiger partial charge in [0.15, 0.2) is 5.96 Å². The van der Waals surface area contributed by atoms with Crippen LogP contribution in [0.15, 0.2) is 4.99 Å². The standard InChI is InChI=1S/C11H21N5O2/c1-4-12-10(15-8(2)3)13-5-6-16-9(17)7-14-11(16)18/h8H,4-7H2,1-3H3,(H,14,18)(H2,12,13,15). The molecule has 0 bridgehead atoms. The van der Waals surface area contributed by atoms with Gasteiger partial charge in [-0.3, -0.25) is 14.7 Å². The lowest BCUT2D eigenvalue weighted by molar-refractivity contribution is -0.124. The van der Waals surface area contributed by atoms with E-state index in [9.17, 15) is 9.59 Å². The number of hydrogen-bond acceptors (Lipinski definition) is 3. The number of amides is 3. The summed E-state index contributed by atoms with van der Waals surface area (Å²) >= 11 is 0. The Balaban J connectivity index is 2.45. The Kier molecular flexibility index (Phi) is 5.41. The Hall–Kier alpha value is -1.79. The van der Waals surface area contributed by atoms with Crippen LogP contribution in [-0.2, 0) is 4.79 Å². The first-order chi connectivity index (χ1) is 8.54. The number of imide groups is 1. The van der Waals surface area contributed by atoms with Crippen LogP contribution in [0.2, 0.25) is 0 Å². The van der Waals surface area contributed by atoms with E-state index in [2.05, 4.69) is 20.9 Å². The van der Waals surface area contributed by atoms with Crippen molar-refractivity contribution in [2.75, 3.05) is 26.2 Å². The van der Waals surface area contributed by atoms with Gasteiger partial charge in [0.05, 0.1) is 19.6 Å². The van der Waals surface area contributed by atoms with Crippen LogP contribution in [0.4, 0.5) is 4.79 Å². The molecule has 7 nitrogen and oxygen atoms in total. The number of carbonyl (C=O) groups excluding carboxylic acids is 2. The molecule has 0 aromatic rings. The van der Waals surface area contributed by atoms with E-state index in [4.69, 9.17) is 0 Å². The first kappa shape index (κ1) is 14.3. The molecule has 1 fully saturated rings. The van der Waals surface area contributed by atoms with E-state index in [1.807, 2.05) is 20.8 Å². The zero-order valence-corrected chi connectivity index (χ0v) is 11.1. The number of nitrogens with zero attached hydrogens (tertiary/aromatic N) is 2. The van der Waals surface area contributed by atoms with E-state index in [0.29, 0.717) is 19.0 Å². The molecule has 3 N–H and O–H groups in total. The summed E-state index contributed by atoms with van der Waals surface area (Å²) in [5, 5.41) is 8.73. The highest BCUT2D eigenvalue weighted by Crippen LogP contribution is 1.97. The minimum absolute atomic E-state index is 0.0901. The molecule has 0 radical (unpaired) electrons. The second kappa shape index (κ2) is 6.83. The predicted molar refractivity (Wildman–Crippen MR) is 69.4 cm³/mol. The molecule has 0 unspecified atom stereocenters. The van der Waals surface area contributed by atoms with Crippen molar-refractivity contribution in [1.29, 1.82) is 0 Å². The summed E-state index contributed by atoms with van der Waals surface area (Å²) in [6, 6.07) is -0.0588. The number of nitrogens with one attached hydrogen (secondary N) is 3. The highest BCUT2D eigenvalue weighted by atomic mass is 16.2. The number of carbonyl (C=O) groups is 2. The number of rotatable bonds is 5. The molecule has 1 aliphatic rings. The van der Waals surface area contributed by atoms with Crippen LogP contribution in [0.5, 0.6) is 0 Å². The van der Waals surface area contributed by atoms with Gasteiger partial charge in [0.25, 0.3) is 0 Å². The van der Waals surface area contributed by atoms with Gasteiger partial charge < -0.3 is 16.0 Å². The molecule has 1 aliphatic heterocycles. The molecule has 0 aromatic carbocycles. The average molecular weight is 255 g/mol. The number of hydrogen-bond donors (Lipinski definition) is 3. The maximum Gasteiger partial charge on any atom is 0.324 e. The molecule has 1 saturated heterocycles. The molecule has 1 rings (SSSR count). The van der Waals surface area contributed by atoms with Crippen molar-refractivity contribution in [3.8, 4) is 0 Å². The van der Waals surface area contributed by atoms with Gasteiger partial charge in [0, 0.05) is 12.6 Å². The molecule has 18 heavy (non-hydrogen) atoms. The summed E-state index contributed by atoms with van der Waals surface area (Å²) in [6.07, 6.45) is 0. The molecule has 0 aliphatic carbocycles. The molecule has 0 saturated carbocycles. The fraction of sp³-hybridized carbons (Fsp3) is 0.727. The first-order valence-electron chi connectivity index (χ1n) is 6.17. The summed E-state index contributed by atoms with van der Waals surface area (Å²) in [5.74, 6) is 0.497. The molecule has 1 heterocycles. The second-order valence-electron chi connectivity index (χ2n) is 4.26. The Bertz CT molecular complexity index is 324. The Morgan fingerprint density at radius 3 is 2.72 bits per heavy atom. The lowest BCUT2D eigenvalue weighted by Gasteiger charge is -2.15. The Labute approximate surface area is 107 Å². The fourth-order valence-electron chi connectivity index (χ4n) is 1.54. The summed E-state index contributed by atoms with van der Waals surface area (Å²) in [4.78, 5) is 28.1. The van der Waals surface area contributed by atoms with E-state index in [1.54, 1.807) is 0 Å². The zero-order chi connectivity index (χ0) is 13.5. The normalized spacial score (nSPS) is 16.2. The average Bonchev–Trinajstić information content (AvgIpc) is 2.60. The van der Waals surface area contributed by atoms with E-state index >= 15 is 0 Å². The van der Waals surface area contributed by atoms with Crippen molar-refractivity contribution in [3.63, 3.8) is 0 Å². The van der Waals surface area contributed by atoms with Gasteiger partial charge in [-0.25, -0.2) is 4.79 Å². The summed E-state index contributed by atoms with van der Waals surface area (Å²) in [5.41, 5.74) is 0. The van der Waals surface area contributed by atoms with Crippen LogP contribution in [-0.4, -0.2) is 55.0 Å². The van der Waals surface area contributed by atoms with Crippen molar-refractivity contribution < 1.29 is 9.59 Å². The van der Waals surface area contributed by atoms with Crippen molar-refractivity contribution in [1.82, 2.24) is 20.9 Å². The molecular weight excluding hydrogens is 234 g/mol. The molecule has 7 heteroatoms. The highest BCUT2D eigenvalue weighted by molar-refractivity contribution is 6.01. The number of urea groups is 1. The van der Waals surface area contributed by atoms with E-state index < -0.39 is 0 Å². The third kappa shape index (κ3) is 4.23. The third-order valence-electron chi connectivity index (χ3n) is 2.30. The van der Waals surface area contributed by atoms with Crippen LogP contribution in [0, 0.1) is 0 Å². The molecular formula is C11H21N5O2. The highest BCUT2D eigenvalue weighted by Gasteiger charge is 2.27. The van der Waals surface area contributed by atoms with Crippen molar-refractivity contribution >= 4 is 17.9 Å². The van der Waals surface area contributed by atoms with Gasteiger partial charge in [0.1, 0.15) is 0 Å². The third-order valence-corrected chi connectivity index (χ3v) is 2.30. The molecule has 0 spiro atoms. The van der Waals surface area contributed by atoms with Crippen LogP contribution in [0.3, 0.4) is 0 Å². The monoisotopic (exact) mass is 255 g/mol. The van der Waals surface area contributed by atoms with Crippen molar-refractivity contribution in [2.45, 2.75) is 26.8 Å². The Morgan fingerprint density at radius 2 is 2.22 bits per heavy atom. The lowest BCUT2D eigenvalue weighted by Crippen LogP contribution is -2.41. The Morgan fingerprint density at radius 1 is 1.50 bits per heavy atom. The molecule has 3 amide bonds. The molecule has 102 valence electrons. The molecule has 0 atom stereocenters. The second-order valence-corrected chi connectivity index (χ2v) is 4.26. The van der Waals surface area contributed by atoms with Crippen molar-refractivity contribution in [3.05, 3.63) is 0 Å². The van der Waals surface area contributed by atoms with Gasteiger partial charge in [-0.2, -0.15) is 0 Å². The van der Waals surface area contributed by atoms with Crippen LogP contribution >= 0.6 is 0 Å². The quantitative estimate of drug-likeness (QED) is 0.351. The van der Waals surface area contributed by atoms with Crippen LogP contribution < -0.4 is 16.0 Å². The zero-order valence-electron chi connectivity index (χ0n) is 11.1. The summed E-state index contributed by atoms with van der Waals surface area (Å²) in [7, 11) is 0. The maximum atomic E-state index is 11.3. The lowest BCUT2D eigenvalue weighted by atomic mass is 10.4. The van der Waals surface area contributed by atoms with E-state index in [1.165, 1.54) is 4.90 Å². The van der Waals surface area contributed by atoms with Gasteiger partial charge in [0.2, 0.25) is 5.91 Å². The topological polar surface area (TPSA) is 85.8 Å². The van der Waals surface area contributed by atoms with Gasteiger partial charge in [-0.15, -0.1) is 0 Å². The van der Waals surface area contributed by atoms with Crippen molar-refractivity contribution in [2.24, 2.45) is 4.99 Å². The summed E-state index contributed by atoms with van der Waals surface area (Å²) in [6.45, 7) is 7.57. The molecule has 0 aromatic heterocycles. The SMILES string of the molecule is CCNC(=NCCN1C(=O)CNC1=O)NC(C)C. The smallest absolute Gasteiger partial charge is 0.324 e. The largest absolute Gasteiger partial charge is 0.357 e. The first-order valence-corrected chi connectivity index (χ1v) is 6.17. The van der Waals surface area contributed by atoms with Crippen LogP contribution in [0.25, 0.3) is 0 Å². The minimum Gasteiger partial charge on any atom is -0.357 e. The van der Waals surface area contributed by atoms with E-state index in [-0.39, 0.29) is 24.5 Å². The van der Waals surface area contributed by atoms with Gasteiger partial charge in [-0.1, -0.05) is 0 Å².